The van der Waals surface area contributed by atoms with Crippen LogP contribution in [0.15, 0.2) is 24.3 Å². The van der Waals surface area contributed by atoms with Crippen molar-refractivity contribution in [3.63, 3.8) is 0 Å². The molecule has 1 rings (SSSR count). The second-order valence-electron chi connectivity index (χ2n) is 3.95. The van der Waals surface area contributed by atoms with Crippen LogP contribution in [0.3, 0.4) is 0 Å². The molecule has 0 heterocycles. The van der Waals surface area contributed by atoms with Crippen LogP contribution in [-0.4, -0.2) is 6.54 Å². The van der Waals surface area contributed by atoms with Crippen LogP contribution in [0.25, 0.3) is 0 Å². The Balaban J connectivity index is 2.71. The quantitative estimate of drug-likeness (QED) is 0.718. The van der Waals surface area contributed by atoms with Crippen molar-refractivity contribution in [2.24, 2.45) is 0 Å². The van der Waals surface area contributed by atoms with Crippen molar-refractivity contribution in [3.8, 4) is 12.3 Å². The lowest BCUT2D eigenvalue weighted by atomic mass is 10.00. The van der Waals surface area contributed by atoms with E-state index in [4.69, 9.17) is 6.42 Å². The topological polar surface area (TPSA) is 12.0 Å². The van der Waals surface area contributed by atoms with Gasteiger partial charge in [-0.3, -0.25) is 0 Å². The number of hydrogen-bond acceptors (Lipinski definition) is 1. The third-order valence-corrected chi connectivity index (χ3v) is 2.82. The van der Waals surface area contributed by atoms with Gasteiger partial charge in [-0.15, -0.1) is 12.3 Å². The largest absolute Gasteiger partial charge is 0.310 e. The predicted molar refractivity (Wildman–Crippen MR) is 70.3 cm³/mol. The third kappa shape index (κ3) is 3.72. The van der Waals surface area contributed by atoms with Crippen LogP contribution >= 0.6 is 0 Å². The predicted octanol–water partition coefficient (Wildman–Crippen LogP) is 3.31. The first-order valence-corrected chi connectivity index (χ1v) is 6.07. The highest BCUT2D eigenvalue weighted by atomic mass is 14.9. The van der Waals surface area contributed by atoms with Crippen molar-refractivity contribution in [3.05, 3.63) is 35.4 Å². The lowest BCUT2D eigenvalue weighted by molar-refractivity contribution is 0.522. The van der Waals surface area contributed by atoms with Crippen molar-refractivity contribution in [2.45, 2.75) is 39.2 Å². The SMILES string of the molecule is C#CCCC(NCC)c1ccc(CC)cc1. The summed E-state index contributed by atoms with van der Waals surface area (Å²) in [6.45, 7) is 5.28. The molecule has 0 saturated carbocycles. The number of hydrogen-bond donors (Lipinski definition) is 1. The van der Waals surface area contributed by atoms with E-state index >= 15 is 0 Å². The Kier molecular flexibility index (Phi) is 5.67. The van der Waals surface area contributed by atoms with Gasteiger partial charge in [0.1, 0.15) is 0 Å². The van der Waals surface area contributed by atoms with Crippen LogP contribution in [0.5, 0.6) is 0 Å². The molecule has 0 spiro atoms. The lowest BCUT2D eigenvalue weighted by Crippen LogP contribution is -2.20. The highest BCUT2D eigenvalue weighted by molar-refractivity contribution is 5.25. The lowest BCUT2D eigenvalue weighted by Gasteiger charge is -2.17. The smallest absolute Gasteiger partial charge is 0.0329 e. The van der Waals surface area contributed by atoms with Crippen molar-refractivity contribution < 1.29 is 0 Å². The molecule has 1 unspecified atom stereocenters. The highest BCUT2D eigenvalue weighted by Gasteiger charge is 2.08. The number of nitrogens with one attached hydrogen (secondary N) is 1. The fourth-order valence-corrected chi connectivity index (χ4v) is 1.85. The van der Waals surface area contributed by atoms with Crippen LogP contribution in [0.2, 0.25) is 0 Å². The van der Waals surface area contributed by atoms with E-state index in [2.05, 4.69) is 49.4 Å². The van der Waals surface area contributed by atoms with Gasteiger partial charge in [-0.05, 0) is 30.5 Å². The molecular formula is C15H21N. The molecule has 1 atom stereocenters. The Morgan fingerprint density at radius 3 is 2.44 bits per heavy atom. The maximum Gasteiger partial charge on any atom is 0.0329 e. The molecule has 1 heteroatoms. The summed E-state index contributed by atoms with van der Waals surface area (Å²) in [5, 5.41) is 3.48. The molecule has 86 valence electrons. The molecule has 16 heavy (non-hydrogen) atoms. The first-order valence-electron chi connectivity index (χ1n) is 6.07. The Hall–Kier alpha value is -1.26. The zero-order valence-corrected chi connectivity index (χ0v) is 10.3. The summed E-state index contributed by atoms with van der Waals surface area (Å²) in [6.07, 6.45) is 8.25. The molecule has 0 radical (unpaired) electrons. The molecule has 0 aliphatic carbocycles. The van der Waals surface area contributed by atoms with Crippen LogP contribution < -0.4 is 5.32 Å². The molecule has 0 amide bonds. The number of terminal acetylenes is 1. The Morgan fingerprint density at radius 2 is 1.94 bits per heavy atom. The van der Waals surface area contributed by atoms with Crippen LogP contribution in [0.1, 0.15) is 43.9 Å². The van der Waals surface area contributed by atoms with Gasteiger partial charge in [-0.25, -0.2) is 0 Å². The van der Waals surface area contributed by atoms with E-state index < -0.39 is 0 Å². The van der Waals surface area contributed by atoms with Gasteiger partial charge in [0.15, 0.2) is 0 Å². The minimum absolute atomic E-state index is 0.395. The van der Waals surface area contributed by atoms with Crippen molar-refractivity contribution in [1.29, 1.82) is 0 Å². The maximum absolute atomic E-state index is 5.32. The molecule has 0 aliphatic heterocycles. The minimum Gasteiger partial charge on any atom is -0.310 e. The van der Waals surface area contributed by atoms with E-state index in [1.165, 1.54) is 11.1 Å². The summed E-state index contributed by atoms with van der Waals surface area (Å²) in [5.74, 6) is 2.71. The summed E-state index contributed by atoms with van der Waals surface area (Å²) < 4.78 is 0. The summed E-state index contributed by atoms with van der Waals surface area (Å²) >= 11 is 0. The van der Waals surface area contributed by atoms with Gasteiger partial charge in [-0.1, -0.05) is 38.1 Å². The molecule has 1 N–H and O–H groups in total. The first-order chi connectivity index (χ1) is 7.81. The van der Waals surface area contributed by atoms with Crippen molar-refractivity contribution in [2.75, 3.05) is 6.54 Å². The molecule has 0 aliphatic rings. The van der Waals surface area contributed by atoms with Gasteiger partial charge in [0.25, 0.3) is 0 Å². The average molecular weight is 215 g/mol. The molecule has 0 fully saturated rings. The van der Waals surface area contributed by atoms with Gasteiger partial charge in [-0.2, -0.15) is 0 Å². The molecule has 0 bridgehead atoms. The minimum atomic E-state index is 0.395. The average Bonchev–Trinajstić information content (AvgIpc) is 2.35. The molecule has 1 nitrogen and oxygen atoms in total. The molecule has 1 aromatic carbocycles. The molecule has 0 aromatic heterocycles. The van der Waals surface area contributed by atoms with Gasteiger partial charge in [0.05, 0.1) is 0 Å². The second kappa shape index (κ2) is 7.09. The monoisotopic (exact) mass is 215 g/mol. The fourth-order valence-electron chi connectivity index (χ4n) is 1.85. The Morgan fingerprint density at radius 1 is 1.25 bits per heavy atom. The van der Waals surface area contributed by atoms with E-state index in [0.29, 0.717) is 6.04 Å². The maximum atomic E-state index is 5.32. The molecular weight excluding hydrogens is 194 g/mol. The third-order valence-electron chi connectivity index (χ3n) is 2.82. The Labute approximate surface area is 99.3 Å². The highest BCUT2D eigenvalue weighted by Crippen LogP contribution is 2.18. The van der Waals surface area contributed by atoms with Gasteiger partial charge in [0, 0.05) is 12.5 Å². The number of benzene rings is 1. The standard InChI is InChI=1S/C15H21N/c1-4-7-8-15(16-6-3)14-11-9-13(5-2)10-12-14/h1,9-12,15-16H,5-8H2,2-3H3. The fraction of sp³-hybridized carbons (Fsp3) is 0.467. The number of aryl methyl sites for hydroxylation is 1. The van der Waals surface area contributed by atoms with E-state index in [9.17, 15) is 0 Å². The van der Waals surface area contributed by atoms with Crippen LogP contribution in [-0.2, 0) is 6.42 Å². The summed E-state index contributed by atoms with van der Waals surface area (Å²) in [5.41, 5.74) is 2.73. The van der Waals surface area contributed by atoms with Gasteiger partial charge < -0.3 is 5.32 Å². The van der Waals surface area contributed by atoms with Crippen molar-refractivity contribution >= 4 is 0 Å². The second-order valence-corrected chi connectivity index (χ2v) is 3.95. The summed E-state index contributed by atoms with van der Waals surface area (Å²) in [7, 11) is 0. The first kappa shape index (κ1) is 12.8. The van der Waals surface area contributed by atoms with Crippen LogP contribution in [0, 0.1) is 12.3 Å². The summed E-state index contributed by atoms with van der Waals surface area (Å²) in [4.78, 5) is 0. The zero-order chi connectivity index (χ0) is 11.8. The van der Waals surface area contributed by atoms with E-state index in [-0.39, 0.29) is 0 Å². The zero-order valence-electron chi connectivity index (χ0n) is 10.3. The molecule has 0 saturated heterocycles. The van der Waals surface area contributed by atoms with E-state index in [1.807, 2.05) is 0 Å². The molecule has 1 aromatic rings. The van der Waals surface area contributed by atoms with E-state index in [0.717, 1.165) is 25.8 Å². The Bertz CT molecular complexity index is 331. The number of rotatable bonds is 6. The summed E-state index contributed by atoms with van der Waals surface area (Å²) in [6, 6.07) is 9.23. The van der Waals surface area contributed by atoms with Crippen LogP contribution in [0.4, 0.5) is 0 Å². The van der Waals surface area contributed by atoms with Crippen molar-refractivity contribution in [1.82, 2.24) is 5.32 Å². The van der Waals surface area contributed by atoms with Gasteiger partial charge >= 0.3 is 0 Å². The van der Waals surface area contributed by atoms with Gasteiger partial charge in [0.2, 0.25) is 0 Å². The normalized spacial score (nSPS) is 12.1. The van der Waals surface area contributed by atoms with E-state index in [1.54, 1.807) is 0 Å².